The molecule has 1 heterocycles. The maximum absolute atomic E-state index is 13.4. The average Bonchev–Trinajstić information content (AvgIpc) is 2.53. The van der Waals surface area contributed by atoms with E-state index in [2.05, 4.69) is 15.6 Å². The minimum absolute atomic E-state index is 0.0584. The first-order chi connectivity index (χ1) is 11.0. The molecule has 2 N–H and O–H groups in total. The van der Waals surface area contributed by atoms with E-state index in [4.69, 9.17) is 4.74 Å². The Morgan fingerprint density at radius 1 is 1.35 bits per heavy atom. The molecule has 0 saturated carbocycles. The molecule has 2 amide bonds. The van der Waals surface area contributed by atoms with Crippen LogP contribution in [0.25, 0.3) is 0 Å². The third-order valence-corrected chi connectivity index (χ3v) is 2.94. The third-order valence-electron chi connectivity index (χ3n) is 2.94. The molecule has 0 bridgehead atoms. The van der Waals surface area contributed by atoms with Gasteiger partial charge in [-0.3, -0.25) is 4.98 Å². The molecule has 1 atom stereocenters. The number of benzene rings is 1. The largest absolute Gasteiger partial charge is 0.488 e. The van der Waals surface area contributed by atoms with Gasteiger partial charge in [-0.2, -0.15) is 0 Å². The summed E-state index contributed by atoms with van der Waals surface area (Å²) >= 11 is 0. The van der Waals surface area contributed by atoms with Crippen molar-refractivity contribution >= 4 is 6.03 Å². The zero-order valence-corrected chi connectivity index (χ0v) is 12.6. The minimum atomic E-state index is -0.779. The van der Waals surface area contributed by atoms with Crippen LogP contribution in [0.2, 0.25) is 0 Å². The van der Waals surface area contributed by atoms with Crippen molar-refractivity contribution in [1.29, 1.82) is 0 Å². The van der Waals surface area contributed by atoms with Crippen LogP contribution in [0.3, 0.4) is 0 Å². The number of carbonyl (C=O) groups is 1. The number of hydrogen-bond donors (Lipinski definition) is 2. The summed E-state index contributed by atoms with van der Waals surface area (Å²) in [5.41, 5.74) is 0.875. The molecular formula is C16H17F2N3O2. The fraction of sp³-hybridized carbons (Fsp3) is 0.250. The van der Waals surface area contributed by atoms with Gasteiger partial charge in [-0.05, 0) is 30.7 Å². The highest BCUT2D eigenvalue weighted by Gasteiger charge is 2.10. The molecule has 122 valence electrons. The van der Waals surface area contributed by atoms with Crippen molar-refractivity contribution in [2.24, 2.45) is 0 Å². The Morgan fingerprint density at radius 2 is 2.17 bits per heavy atom. The number of amides is 2. The molecule has 23 heavy (non-hydrogen) atoms. The van der Waals surface area contributed by atoms with E-state index < -0.39 is 11.6 Å². The van der Waals surface area contributed by atoms with E-state index in [1.54, 1.807) is 25.4 Å². The molecule has 1 aromatic heterocycles. The van der Waals surface area contributed by atoms with Gasteiger partial charge in [0.1, 0.15) is 12.4 Å². The van der Waals surface area contributed by atoms with E-state index in [-0.39, 0.29) is 24.4 Å². The molecule has 1 aromatic carbocycles. The first-order valence-corrected chi connectivity index (χ1v) is 7.05. The fourth-order valence-electron chi connectivity index (χ4n) is 1.81. The number of halogens is 2. The molecule has 0 fully saturated rings. The van der Waals surface area contributed by atoms with Crippen LogP contribution in [-0.2, 0) is 6.54 Å². The number of ether oxygens (including phenoxy) is 1. The number of urea groups is 1. The van der Waals surface area contributed by atoms with Crippen LogP contribution in [0.1, 0.15) is 12.5 Å². The molecule has 0 radical (unpaired) electrons. The first-order valence-electron chi connectivity index (χ1n) is 7.05. The molecule has 2 rings (SSSR count). The third kappa shape index (κ3) is 5.54. The number of pyridine rings is 1. The molecule has 0 aliphatic heterocycles. The lowest BCUT2D eigenvalue weighted by Gasteiger charge is -2.16. The number of hydrogen-bond acceptors (Lipinski definition) is 3. The van der Waals surface area contributed by atoms with Gasteiger partial charge in [0, 0.05) is 25.0 Å². The summed E-state index contributed by atoms with van der Waals surface area (Å²) in [6, 6.07) is 5.96. The maximum atomic E-state index is 13.4. The van der Waals surface area contributed by atoms with Gasteiger partial charge in [0.2, 0.25) is 0 Å². The van der Waals surface area contributed by atoms with Crippen molar-refractivity contribution in [2.45, 2.75) is 19.5 Å². The second kappa shape index (κ2) is 8.07. The highest BCUT2D eigenvalue weighted by atomic mass is 19.1. The quantitative estimate of drug-likeness (QED) is 0.860. The Morgan fingerprint density at radius 3 is 2.87 bits per heavy atom. The van der Waals surface area contributed by atoms with Crippen LogP contribution >= 0.6 is 0 Å². The van der Waals surface area contributed by atoms with Gasteiger partial charge in [-0.25, -0.2) is 13.6 Å². The van der Waals surface area contributed by atoms with Crippen molar-refractivity contribution in [1.82, 2.24) is 15.6 Å². The summed E-state index contributed by atoms with van der Waals surface area (Å²) in [5.74, 6) is -1.51. The van der Waals surface area contributed by atoms with Crippen LogP contribution in [-0.4, -0.2) is 23.7 Å². The van der Waals surface area contributed by atoms with Crippen molar-refractivity contribution in [3.8, 4) is 5.75 Å². The van der Waals surface area contributed by atoms with Gasteiger partial charge < -0.3 is 15.4 Å². The highest BCUT2D eigenvalue weighted by Crippen LogP contribution is 2.17. The molecular weight excluding hydrogens is 304 g/mol. The standard InChI is InChI=1S/C16H17F2N3O2/c1-11(10-23-15-5-4-13(17)7-14(15)18)21-16(22)20-9-12-3-2-6-19-8-12/h2-8,11H,9-10H2,1H3,(H2,20,21,22)/t11-/m0/s1. The lowest BCUT2D eigenvalue weighted by Crippen LogP contribution is -2.43. The van der Waals surface area contributed by atoms with Gasteiger partial charge >= 0.3 is 6.03 Å². The van der Waals surface area contributed by atoms with Gasteiger partial charge in [-0.15, -0.1) is 0 Å². The topological polar surface area (TPSA) is 63.2 Å². The van der Waals surface area contributed by atoms with Crippen molar-refractivity contribution in [3.63, 3.8) is 0 Å². The molecule has 0 aliphatic rings. The zero-order chi connectivity index (χ0) is 16.7. The average molecular weight is 321 g/mol. The highest BCUT2D eigenvalue weighted by molar-refractivity contribution is 5.74. The van der Waals surface area contributed by atoms with E-state index >= 15 is 0 Å². The second-order valence-electron chi connectivity index (χ2n) is 4.98. The minimum Gasteiger partial charge on any atom is -0.488 e. The monoisotopic (exact) mass is 321 g/mol. The lowest BCUT2D eigenvalue weighted by molar-refractivity contribution is 0.224. The molecule has 0 unspecified atom stereocenters. The summed E-state index contributed by atoms with van der Waals surface area (Å²) in [5, 5.41) is 5.34. The van der Waals surface area contributed by atoms with Gasteiger partial charge in [-0.1, -0.05) is 6.07 Å². The van der Waals surface area contributed by atoms with E-state index in [1.165, 1.54) is 6.07 Å². The molecule has 0 aliphatic carbocycles. The van der Waals surface area contributed by atoms with E-state index in [1.807, 2.05) is 6.07 Å². The molecule has 7 heteroatoms. The van der Waals surface area contributed by atoms with E-state index in [9.17, 15) is 13.6 Å². The number of nitrogens with one attached hydrogen (secondary N) is 2. The Bertz CT molecular complexity index is 653. The molecule has 0 saturated heterocycles. The molecule has 2 aromatic rings. The predicted molar refractivity (Wildman–Crippen MR) is 80.9 cm³/mol. The normalized spacial score (nSPS) is 11.6. The Hall–Kier alpha value is -2.70. The van der Waals surface area contributed by atoms with E-state index in [0.717, 1.165) is 17.7 Å². The molecule has 0 spiro atoms. The summed E-state index contributed by atoms with van der Waals surface area (Å²) < 4.78 is 31.4. The predicted octanol–water partition coefficient (Wildman–Crippen LogP) is 2.63. The number of aromatic nitrogens is 1. The zero-order valence-electron chi connectivity index (χ0n) is 12.6. The van der Waals surface area contributed by atoms with Crippen molar-refractivity contribution < 1.29 is 18.3 Å². The Labute approximate surface area is 132 Å². The summed E-state index contributed by atoms with van der Waals surface area (Å²) in [6.07, 6.45) is 3.31. The van der Waals surface area contributed by atoms with Crippen molar-refractivity contribution in [3.05, 3.63) is 59.9 Å². The second-order valence-corrected chi connectivity index (χ2v) is 4.98. The first kappa shape index (κ1) is 16.7. The number of carbonyl (C=O) groups excluding carboxylic acids is 1. The van der Waals surface area contributed by atoms with Gasteiger partial charge in [0.15, 0.2) is 11.6 Å². The van der Waals surface area contributed by atoms with Crippen LogP contribution in [0, 0.1) is 11.6 Å². The Kier molecular flexibility index (Phi) is 5.85. The SMILES string of the molecule is C[C@@H](COc1ccc(F)cc1F)NC(=O)NCc1cccnc1. The van der Waals surface area contributed by atoms with Crippen LogP contribution in [0.5, 0.6) is 5.75 Å². The summed E-state index contributed by atoms with van der Waals surface area (Å²) in [7, 11) is 0. The summed E-state index contributed by atoms with van der Waals surface area (Å²) in [6.45, 7) is 2.12. The van der Waals surface area contributed by atoms with Crippen molar-refractivity contribution in [2.75, 3.05) is 6.61 Å². The van der Waals surface area contributed by atoms with Crippen LogP contribution in [0.4, 0.5) is 13.6 Å². The number of rotatable bonds is 6. The van der Waals surface area contributed by atoms with Gasteiger partial charge in [0.05, 0.1) is 6.04 Å². The number of nitrogens with zero attached hydrogens (tertiary/aromatic N) is 1. The van der Waals surface area contributed by atoms with Gasteiger partial charge in [0.25, 0.3) is 0 Å². The fourth-order valence-corrected chi connectivity index (χ4v) is 1.81. The molecule has 5 nitrogen and oxygen atoms in total. The smallest absolute Gasteiger partial charge is 0.315 e. The van der Waals surface area contributed by atoms with Crippen LogP contribution < -0.4 is 15.4 Å². The Balaban J connectivity index is 1.73. The van der Waals surface area contributed by atoms with Crippen LogP contribution in [0.15, 0.2) is 42.7 Å². The van der Waals surface area contributed by atoms with E-state index in [0.29, 0.717) is 6.54 Å². The summed E-state index contributed by atoms with van der Waals surface area (Å²) in [4.78, 5) is 15.7. The maximum Gasteiger partial charge on any atom is 0.315 e. The lowest BCUT2D eigenvalue weighted by atomic mass is 10.3.